The molecular formula is C13H15NO3. The van der Waals surface area contributed by atoms with E-state index in [0.29, 0.717) is 41.1 Å². The Morgan fingerprint density at radius 1 is 1.41 bits per heavy atom. The number of methoxy groups -OCH3 is 1. The SMILES string of the molecule is CCC(=O)c1ccc(OC)c2nc(CC)oc12. The quantitative estimate of drug-likeness (QED) is 0.762. The zero-order valence-electron chi connectivity index (χ0n) is 10.2. The van der Waals surface area contributed by atoms with Gasteiger partial charge in [0.05, 0.1) is 12.7 Å². The Bertz CT molecular complexity index is 557. The summed E-state index contributed by atoms with van der Waals surface area (Å²) in [4.78, 5) is 16.1. The summed E-state index contributed by atoms with van der Waals surface area (Å²) in [7, 11) is 1.58. The fourth-order valence-corrected chi connectivity index (χ4v) is 1.75. The van der Waals surface area contributed by atoms with Crippen LogP contribution >= 0.6 is 0 Å². The van der Waals surface area contributed by atoms with Crippen LogP contribution in [-0.4, -0.2) is 17.9 Å². The summed E-state index contributed by atoms with van der Waals surface area (Å²) < 4.78 is 10.8. The number of carbonyl (C=O) groups is 1. The summed E-state index contributed by atoms with van der Waals surface area (Å²) >= 11 is 0. The largest absolute Gasteiger partial charge is 0.494 e. The second-order valence-electron chi connectivity index (χ2n) is 3.73. The van der Waals surface area contributed by atoms with Crippen LogP contribution in [0.4, 0.5) is 0 Å². The molecule has 2 aromatic rings. The summed E-state index contributed by atoms with van der Waals surface area (Å²) in [6.45, 7) is 3.79. The Morgan fingerprint density at radius 3 is 2.76 bits per heavy atom. The maximum atomic E-state index is 11.8. The molecule has 0 fully saturated rings. The number of rotatable bonds is 4. The molecular weight excluding hydrogens is 218 g/mol. The highest BCUT2D eigenvalue weighted by molar-refractivity contribution is 6.06. The fourth-order valence-electron chi connectivity index (χ4n) is 1.75. The summed E-state index contributed by atoms with van der Waals surface area (Å²) in [5.74, 6) is 1.31. The first-order valence-corrected chi connectivity index (χ1v) is 5.70. The molecule has 0 unspecified atom stereocenters. The highest BCUT2D eigenvalue weighted by atomic mass is 16.5. The van der Waals surface area contributed by atoms with E-state index in [1.165, 1.54) is 0 Å². The van der Waals surface area contributed by atoms with E-state index >= 15 is 0 Å². The van der Waals surface area contributed by atoms with Gasteiger partial charge in [0.1, 0.15) is 5.75 Å². The first kappa shape index (κ1) is 11.6. The molecule has 0 aliphatic carbocycles. The van der Waals surface area contributed by atoms with Crippen LogP contribution in [0, 0.1) is 0 Å². The van der Waals surface area contributed by atoms with Crippen molar-refractivity contribution < 1.29 is 13.9 Å². The molecule has 0 saturated heterocycles. The first-order chi connectivity index (χ1) is 8.21. The van der Waals surface area contributed by atoms with Gasteiger partial charge in [0.15, 0.2) is 22.8 Å². The molecule has 90 valence electrons. The molecule has 0 spiro atoms. The monoisotopic (exact) mass is 233 g/mol. The number of benzene rings is 1. The van der Waals surface area contributed by atoms with E-state index in [2.05, 4.69) is 4.98 Å². The standard InChI is InChI=1S/C13H15NO3/c1-4-9(15)8-6-7-10(16-3)12-13(8)17-11(5-2)14-12/h6-7H,4-5H2,1-3H3. The van der Waals surface area contributed by atoms with Gasteiger partial charge in [-0.2, -0.15) is 0 Å². The minimum atomic E-state index is 0.0523. The zero-order valence-corrected chi connectivity index (χ0v) is 10.2. The second kappa shape index (κ2) is 4.57. The van der Waals surface area contributed by atoms with Crippen LogP contribution in [0.15, 0.2) is 16.5 Å². The number of hydrogen-bond acceptors (Lipinski definition) is 4. The minimum Gasteiger partial charge on any atom is -0.494 e. The van der Waals surface area contributed by atoms with Crippen molar-refractivity contribution in [1.82, 2.24) is 4.98 Å². The predicted octanol–water partition coefficient (Wildman–Crippen LogP) is 2.99. The number of oxazole rings is 1. The van der Waals surface area contributed by atoms with Crippen LogP contribution < -0.4 is 4.74 Å². The van der Waals surface area contributed by atoms with E-state index in [9.17, 15) is 4.79 Å². The first-order valence-electron chi connectivity index (χ1n) is 5.70. The molecule has 1 heterocycles. The summed E-state index contributed by atoms with van der Waals surface area (Å²) in [6, 6.07) is 3.49. The van der Waals surface area contributed by atoms with Crippen molar-refractivity contribution in [2.24, 2.45) is 0 Å². The Labute approximate surface area is 99.6 Å². The van der Waals surface area contributed by atoms with Crippen LogP contribution in [0.25, 0.3) is 11.1 Å². The highest BCUT2D eigenvalue weighted by Crippen LogP contribution is 2.29. The molecule has 0 amide bonds. The molecule has 0 radical (unpaired) electrons. The van der Waals surface area contributed by atoms with Gasteiger partial charge in [-0.15, -0.1) is 0 Å². The second-order valence-corrected chi connectivity index (χ2v) is 3.73. The molecule has 1 aromatic heterocycles. The molecule has 0 bridgehead atoms. The van der Waals surface area contributed by atoms with Crippen molar-refractivity contribution in [2.45, 2.75) is 26.7 Å². The molecule has 1 aromatic carbocycles. The van der Waals surface area contributed by atoms with Gasteiger partial charge in [-0.05, 0) is 12.1 Å². The Kier molecular flexibility index (Phi) is 3.13. The van der Waals surface area contributed by atoms with E-state index in [-0.39, 0.29) is 5.78 Å². The molecule has 2 rings (SSSR count). The average molecular weight is 233 g/mol. The smallest absolute Gasteiger partial charge is 0.195 e. The molecule has 4 heteroatoms. The van der Waals surface area contributed by atoms with Crippen molar-refractivity contribution in [2.75, 3.05) is 7.11 Å². The lowest BCUT2D eigenvalue weighted by Crippen LogP contribution is -1.97. The van der Waals surface area contributed by atoms with Crippen molar-refractivity contribution in [3.05, 3.63) is 23.6 Å². The Morgan fingerprint density at radius 2 is 2.18 bits per heavy atom. The third kappa shape index (κ3) is 1.90. The fraction of sp³-hybridized carbons (Fsp3) is 0.385. The number of ketones is 1. The van der Waals surface area contributed by atoms with E-state index in [1.807, 2.05) is 13.8 Å². The van der Waals surface area contributed by atoms with E-state index in [0.717, 1.165) is 0 Å². The van der Waals surface area contributed by atoms with Crippen molar-refractivity contribution in [1.29, 1.82) is 0 Å². The van der Waals surface area contributed by atoms with Gasteiger partial charge < -0.3 is 9.15 Å². The lowest BCUT2D eigenvalue weighted by Gasteiger charge is -2.02. The topological polar surface area (TPSA) is 52.3 Å². The van der Waals surface area contributed by atoms with E-state index < -0.39 is 0 Å². The van der Waals surface area contributed by atoms with Crippen molar-refractivity contribution in [3.8, 4) is 5.75 Å². The van der Waals surface area contributed by atoms with Gasteiger partial charge >= 0.3 is 0 Å². The highest BCUT2D eigenvalue weighted by Gasteiger charge is 2.17. The summed E-state index contributed by atoms with van der Waals surface area (Å²) in [5, 5.41) is 0. The predicted molar refractivity (Wildman–Crippen MR) is 64.6 cm³/mol. The van der Waals surface area contributed by atoms with Gasteiger partial charge in [0, 0.05) is 12.8 Å². The number of hydrogen-bond donors (Lipinski definition) is 0. The Hall–Kier alpha value is -1.84. The maximum Gasteiger partial charge on any atom is 0.195 e. The number of Topliss-reactive ketones (excluding diaryl/α,β-unsaturated/α-hetero) is 1. The summed E-state index contributed by atoms with van der Waals surface area (Å²) in [6.07, 6.45) is 1.14. The van der Waals surface area contributed by atoms with Crippen molar-refractivity contribution in [3.63, 3.8) is 0 Å². The summed E-state index contributed by atoms with van der Waals surface area (Å²) in [5.41, 5.74) is 1.74. The maximum absolute atomic E-state index is 11.8. The molecule has 4 nitrogen and oxygen atoms in total. The lowest BCUT2D eigenvalue weighted by atomic mass is 10.1. The number of aromatic nitrogens is 1. The number of fused-ring (bicyclic) bond motifs is 1. The van der Waals surface area contributed by atoms with Crippen molar-refractivity contribution >= 4 is 16.9 Å². The minimum absolute atomic E-state index is 0.0523. The van der Waals surface area contributed by atoms with Gasteiger partial charge in [-0.1, -0.05) is 13.8 Å². The molecule has 0 saturated carbocycles. The normalized spacial score (nSPS) is 10.8. The van der Waals surface area contributed by atoms with Gasteiger partial charge in [0.2, 0.25) is 0 Å². The number of aryl methyl sites for hydroxylation is 1. The van der Waals surface area contributed by atoms with Gasteiger partial charge in [0.25, 0.3) is 0 Å². The van der Waals surface area contributed by atoms with Crippen LogP contribution in [-0.2, 0) is 6.42 Å². The molecule has 0 aliphatic rings. The van der Waals surface area contributed by atoms with E-state index in [4.69, 9.17) is 9.15 Å². The van der Waals surface area contributed by atoms with Crippen LogP contribution in [0.5, 0.6) is 5.75 Å². The number of carbonyl (C=O) groups excluding carboxylic acids is 1. The number of nitrogens with zero attached hydrogens (tertiary/aromatic N) is 1. The van der Waals surface area contributed by atoms with Gasteiger partial charge in [-0.3, -0.25) is 4.79 Å². The van der Waals surface area contributed by atoms with Crippen LogP contribution in [0.3, 0.4) is 0 Å². The van der Waals surface area contributed by atoms with Crippen LogP contribution in [0.1, 0.15) is 36.5 Å². The average Bonchev–Trinajstić information content (AvgIpc) is 2.80. The Balaban J connectivity index is 2.71. The molecule has 17 heavy (non-hydrogen) atoms. The molecule has 0 atom stereocenters. The van der Waals surface area contributed by atoms with Crippen LogP contribution in [0.2, 0.25) is 0 Å². The zero-order chi connectivity index (χ0) is 12.4. The van der Waals surface area contributed by atoms with Gasteiger partial charge in [-0.25, -0.2) is 4.98 Å². The third-order valence-electron chi connectivity index (χ3n) is 2.69. The third-order valence-corrected chi connectivity index (χ3v) is 2.69. The number of ether oxygens (including phenoxy) is 1. The lowest BCUT2D eigenvalue weighted by molar-refractivity contribution is 0.0989. The molecule has 0 aliphatic heterocycles. The molecule has 0 N–H and O–H groups in total. The van der Waals surface area contributed by atoms with E-state index in [1.54, 1.807) is 19.2 Å².